The third-order valence-electron chi connectivity index (χ3n) is 4.30. The quantitative estimate of drug-likeness (QED) is 0.546. The first-order valence-corrected chi connectivity index (χ1v) is 8.32. The molecule has 134 valence electrons. The molecule has 0 radical (unpaired) electrons. The molecule has 8 nitrogen and oxygen atoms in total. The molecule has 0 unspecified atom stereocenters. The van der Waals surface area contributed by atoms with E-state index in [1.807, 2.05) is 41.0 Å². The summed E-state index contributed by atoms with van der Waals surface area (Å²) in [5.74, 6) is 1.53. The molecule has 0 amide bonds. The summed E-state index contributed by atoms with van der Waals surface area (Å²) in [5.41, 5.74) is 2.75. The zero-order chi connectivity index (χ0) is 18.8. The molecule has 0 atom stereocenters. The molecule has 0 bridgehead atoms. The van der Waals surface area contributed by atoms with Crippen LogP contribution < -0.4 is 4.74 Å². The Labute approximate surface area is 155 Å². The number of benzene rings is 1. The zero-order valence-corrected chi connectivity index (χ0v) is 14.9. The molecule has 4 aromatic rings. The van der Waals surface area contributed by atoms with Gasteiger partial charge in [-0.15, -0.1) is 0 Å². The second-order valence-electron chi connectivity index (χ2n) is 5.99. The number of hydrogen-bond donors (Lipinski definition) is 0. The minimum Gasteiger partial charge on any atom is -0.496 e. The van der Waals surface area contributed by atoms with Crippen LogP contribution in [0.5, 0.6) is 5.75 Å². The second-order valence-corrected chi connectivity index (χ2v) is 5.99. The van der Waals surface area contributed by atoms with E-state index in [0.29, 0.717) is 23.6 Å². The fourth-order valence-corrected chi connectivity index (χ4v) is 2.92. The maximum atomic E-state index is 9.29. The van der Waals surface area contributed by atoms with Gasteiger partial charge in [-0.2, -0.15) is 15.5 Å². The first-order valence-electron chi connectivity index (χ1n) is 8.32. The molecular formula is C19H17N7O. The molecule has 8 heteroatoms. The molecule has 0 N–H and O–H groups in total. The van der Waals surface area contributed by atoms with Crippen LogP contribution in [0, 0.1) is 11.3 Å². The molecular weight excluding hydrogens is 342 g/mol. The number of rotatable bonds is 5. The number of imidazole rings is 1. The predicted octanol–water partition coefficient (Wildman–Crippen LogP) is 2.40. The number of aromatic nitrogens is 6. The van der Waals surface area contributed by atoms with Gasteiger partial charge in [0, 0.05) is 37.4 Å². The highest BCUT2D eigenvalue weighted by atomic mass is 16.5. The highest BCUT2D eigenvalue weighted by Crippen LogP contribution is 2.33. The van der Waals surface area contributed by atoms with Crippen molar-refractivity contribution in [2.24, 2.45) is 7.05 Å². The summed E-state index contributed by atoms with van der Waals surface area (Å²) in [6.45, 7) is 0.512. The van der Waals surface area contributed by atoms with Crippen molar-refractivity contribution in [3.05, 3.63) is 66.6 Å². The van der Waals surface area contributed by atoms with E-state index < -0.39 is 0 Å². The van der Waals surface area contributed by atoms with E-state index in [-0.39, 0.29) is 0 Å². The van der Waals surface area contributed by atoms with Gasteiger partial charge in [0.05, 0.1) is 31.5 Å². The number of nitriles is 1. The molecule has 0 aliphatic heterocycles. The van der Waals surface area contributed by atoms with Crippen molar-refractivity contribution in [3.63, 3.8) is 0 Å². The number of hydrogen-bond acceptors (Lipinski definition) is 5. The fourth-order valence-electron chi connectivity index (χ4n) is 2.92. The number of methoxy groups -OCH3 is 1. The Hall–Kier alpha value is -3.86. The molecule has 4 rings (SSSR count). The van der Waals surface area contributed by atoms with Gasteiger partial charge >= 0.3 is 0 Å². The standard InChI is InChI=1S/C19H17N7O/c1-24-9-7-21-18(24)13-25-12-16(26-8-3-6-22-26)19(23-25)15-10-14(11-20)4-5-17(15)27-2/h3-10,12H,13H2,1-2H3. The summed E-state index contributed by atoms with van der Waals surface area (Å²) < 4.78 is 11.0. The van der Waals surface area contributed by atoms with E-state index in [2.05, 4.69) is 16.2 Å². The average molecular weight is 359 g/mol. The van der Waals surface area contributed by atoms with Gasteiger partial charge in [-0.05, 0) is 24.3 Å². The molecule has 27 heavy (non-hydrogen) atoms. The fraction of sp³-hybridized carbons (Fsp3) is 0.158. The van der Waals surface area contributed by atoms with E-state index >= 15 is 0 Å². The summed E-state index contributed by atoms with van der Waals surface area (Å²) in [6.07, 6.45) is 9.13. The van der Waals surface area contributed by atoms with E-state index in [1.54, 1.807) is 42.4 Å². The van der Waals surface area contributed by atoms with Crippen molar-refractivity contribution >= 4 is 0 Å². The van der Waals surface area contributed by atoms with Gasteiger partial charge in [0.2, 0.25) is 0 Å². The van der Waals surface area contributed by atoms with Crippen molar-refractivity contribution in [3.8, 4) is 28.8 Å². The summed E-state index contributed by atoms with van der Waals surface area (Å²) in [6, 6.07) is 9.29. The lowest BCUT2D eigenvalue weighted by Crippen LogP contribution is -2.06. The topological polar surface area (TPSA) is 86.5 Å². The van der Waals surface area contributed by atoms with E-state index in [9.17, 15) is 5.26 Å². The summed E-state index contributed by atoms with van der Waals surface area (Å²) in [7, 11) is 3.55. The predicted molar refractivity (Wildman–Crippen MR) is 98.4 cm³/mol. The highest BCUT2D eigenvalue weighted by Gasteiger charge is 2.18. The maximum Gasteiger partial charge on any atom is 0.130 e. The lowest BCUT2D eigenvalue weighted by molar-refractivity contribution is 0.416. The van der Waals surface area contributed by atoms with Crippen LogP contribution in [0.25, 0.3) is 16.9 Å². The Kier molecular flexibility index (Phi) is 4.18. The Morgan fingerprint density at radius 2 is 2.11 bits per heavy atom. The van der Waals surface area contributed by atoms with Crippen molar-refractivity contribution in [1.29, 1.82) is 5.26 Å². The number of aryl methyl sites for hydroxylation is 1. The Bertz CT molecular complexity index is 1120. The molecule has 3 aromatic heterocycles. The number of ether oxygens (including phenoxy) is 1. The first-order chi connectivity index (χ1) is 13.2. The molecule has 0 saturated carbocycles. The van der Waals surface area contributed by atoms with Gasteiger partial charge < -0.3 is 9.30 Å². The van der Waals surface area contributed by atoms with Crippen LogP contribution in [-0.4, -0.2) is 36.2 Å². The van der Waals surface area contributed by atoms with E-state index in [1.165, 1.54) is 0 Å². The third-order valence-corrected chi connectivity index (χ3v) is 4.30. The SMILES string of the molecule is COc1ccc(C#N)cc1-c1nn(Cc2nccn2C)cc1-n1cccn1. The monoisotopic (exact) mass is 359 g/mol. The van der Waals surface area contributed by atoms with Crippen molar-refractivity contribution in [2.45, 2.75) is 6.54 Å². The molecule has 1 aromatic carbocycles. The zero-order valence-electron chi connectivity index (χ0n) is 14.9. The van der Waals surface area contributed by atoms with Crippen molar-refractivity contribution in [1.82, 2.24) is 29.1 Å². The van der Waals surface area contributed by atoms with Crippen LogP contribution in [0.3, 0.4) is 0 Å². The van der Waals surface area contributed by atoms with E-state index in [0.717, 1.165) is 17.1 Å². The second kappa shape index (κ2) is 6.80. The lowest BCUT2D eigenvalue weighted by atomic mass is 10.1. The summed E-state index contributed by atoms with van der Waals surface area (Å²) in [4.78, 5) is 4.36. The van der Waals surface area contributed by atoms with Gasteiger partial charge in [-0.1, -0.05) is 0 Å². The van der Waals surface area contributed by atoms with Gasteiger partial charge in [-0.25, -0.2) is 9.67 Å². The molecule has 0 saturated heterocycles. The number of nitrogens with zero attached hydrogens (tertiary/aromatic N) is 7. The maximum absolute atomic E-state index is 9.29. The van der Waals surface area contributed by atoms with Gasteiger partial charge in [0.15, 0.2) is 0 Å². The average Bonchev–Trinajstić information content (AvgIpc) is 3.43. The summed E-state index contributed by atoms with van der Waals surface area (Å²) >= 11 is 0. The van der Waals surface area contributed by atoms with Gasteiger partial charge in [0.1, 0.15) is 23.0 Å². The van der Waals surface area contributed by atoms with Crippen molar-refractivity contribution in [2.75, 3.05) is 7.11 Å². The molecule has 0 aliphatic carbocycles. The van der Waals surface area contributed by atoms with E-state index in [4.69, 9.17) is 9.84 Å². The smallest absolute Gasteiger partial charge is 0.130 e. The largest absolute Gasteiger partial charge is 0.496 e. The highest BCUT2D eigenvalue weighted by molar-refractivity contribution is 5.75. The Morgan fingerprint density at radius 1 is 1.22 bits per heavy atom. The third kappa shape index (κ3) is 3.06. The first kappa shape index (κ1) is 16.6. The van der Waals surface area contributed by atoms with Crippen LogP contribution in [0.1, 0.15) is 11.4 Å². The lowest BCUT2D eigenvalue weighted by Gasteiger charge is -2.08. The minimum atomic E-state index is 0.512. The van der Waals surface area contributed by atoms with Crippen LogP contribution >= 0.6 is 0 Å². The van der Waals surface area contributed by atoms with Crippen LogP contribution in [0.15, 0.2) is 55.2 Å². The van der Waals surface area contributed by atoms with Crippen LogP contribution in [0.4, 0.5) is 0 Å². The van der Waals surface area contributed by atoms with Gasteiger partial charge in [-0.3, -0.25) is 4.68 Å². The molecule has 0 aliphatic rings. The summed E-state index contributed by atoms with van der Waals surface area (Å²) in [5, 5.41) is 18.4. The Morgan fingerprint density at radius 3 is 2.78 bits per heavy atom. The molecule has 0 spiro atoms. The molecule has 3 heterocycles. The minimum absolute atomic E-state index is 0.512. The normalized spacial score (nSPS) is 10.7. The Balaban J connectivity index is 1.87. The van der Waals surface area contributed by atoms with Crippen LogP contribution in [0.2, 0.25) is 0 Å². The van der Waals surface area contributed by atoms with Crippen molar-refractivity contribution < 1.29 is 4.74 Å². The van der Waals surface area contributed by atoms with Gasteiger partial charge in [0.25, 0.3) is 0 Å². The molecule has 0 fully saturated rings. The van der Waals surface area contributed by atoms with Crippen LogP contribution in [-0.2, 0) is 13.6 Å².